The number of carboxylic acids is 1. The molecule has 2 aromatic rings. The quantitative estimate of drug-likeness (QED) is 0.765. The molecule has 2 aromatic carbocycles. The number of ether oxygens (including phenoxy) is 1. The van der Waals surface area contributed by atoms with E-state index in [4.69, 9.17) is 4.74 Å². The van der Waals surface area contributed by atoms with E-state index >= 15 is 0 Å². The molecule has 0 atom stereocenters. The summed E-state index contributed by atoms with van der Waals surface area (Å²) in [6.45, 7) is 6.57. The fraction of sp³-hybridized carbons (Fsp3) is 0.333. The lowest BCUT2D eigenvalue weighted by molar-refractivity contribution is -0.118. The third kappa shape index (κ3) is 5.01. The Kier molecular flexibility index (Phi) is 6.49. The van der Waals surface area contributed by atoms with Gasteiger partial charge in [0.15, 0.2) is 6.61 Å². The van der Waals surface area contributed by atoms with E-state index in [1.807, 2.05) is 24.3 Å². The summed E-state index contributed by atoms with van der Waals surface area (Å²) < 4.78 is 5.41. The summed E-state index contributed by atoms with van der Waals surface area (Å²) in [7, 11) is 0. The van der Waals surface area contributed by atoms with Gasteiger partial charge >= 0.3 is 5.97 Å². The van der Waals surface area contributed by atoms with Gasteiger partial charge in [0.05, 0.1) is 11.3 Å². The van der Waals surface area contributed by atoms with Crippen LogP contribution in [-0.2, 0) is 4.79 Å². The zero-order valence-corrected chi connectivity index (χ0v) is 15.9. The van der Waals surface area contributed by atoms with Crippen molar-refractivity contribution < 1.29 is 19.4 Å². The van der Waals surface area contributed by atoms with E-state index in [0.717, 1.165) is 38.4 Å². The van der Waals surface area contributed by atoms with E-state index in [2.05, 4.69) is 22.0 Å². The first-order valence-corrected chi connectivity index (χ1v) is 9.39. The number of likely N-dealkylation sites (N-methyl/N-ethyl adjacent to an activating group) is 1. The van der Waals surface area contributed by atoms with Crippen LogP contribution in [0.1, 0.15) is 17.3 Å². The number of carbonyl (C=O) groups excluding carboxylic acids is 1. The summed E-state index contributed by atoms with van der Waals surface area (Å²) in [5.41, 5.74) is 1.19. The molecule has 1 aliphatic rings. The molecule has 7 nitrogen and oxygen atoms in total. The minimum Gasteiger partial charge on any atom is -0.484 e. The van der Waals surface area contributed by atoms with Crippen LogP contribution in [0.5, 0.6) is 5.75 Å². The molecule has 0 aliphatic carbocycles. The van der Waals surface area contributed by atoms with Crippen LogP contribution in [-0.4, -0.2) is 61.2 Å². The molecule has 7 heteroatoms. The molecule has 0 radical (unpaired) electrons. The number of carbonyl (C=O) groups is 2. The first kappa shape index (κ1) is 19.7. The third-order valence-electron chi connectivity index (χ3n) is 4.81. The summed E-state index contributed by atoms with van der Waals surface area (Å²) in [6.07, 6.45) is 0. The predicted octanol–water partition coefficient (Wildman–Crippen LogP) is 2.54. The Balaban J connectivity index is 1.66. The van der Waals surface area contributed by atoms with Crippen molar-refractivity contribution in [1.82, 2.24) is 4.90 Å². The van der Waals surface area contributed by atoms with Gasteiger partial charge < -0.3 is 25.0 Å². The minimum atomic E-state index is -1.08. The van der Waals surface area contributed by atoms with E-state index in [9.17, 15) is 14.7 Å². The number of para-hydroxylation sites is 1. The van der Waals surface area contributed by atoms with Gasteiger partial charge in [-0.05, 0) is 36.9 Å². The second-order valence-electron chi connectivity index (χ2n) is 6.61. The van der Waals surface area contributed by atoms with Gasteiger partial charge in [0.25, 0.3) is 5.91 Å². The zero-order valence-electron chi connectivity index (χ0n) is 15.9. The van der Waals surface area contributed by atoms with Crippen molar-refractivity contribution in [3.63, 3.8) is 0 Å². The number of piperazine rings is 1. The molecular formula is C21H25N3O4. The topological polar surface area (TPSA) is 82.1 Å². The van der Waals surface area contributed by atoms with E-state index in [0.29, 0.717) is 5.75 Å². The van der Waals surface area contributed by atoms with Gasteiger partial charge in [-0.25, -0.2) is 4.79 Å². The average Bonchev–Trinajstić information content (AvgIpc) is 2.73. The maximum absolute atomic E-state index is 12.2. The van der Waals surface area contributed by atoms with Gasteiger partial charge in [-0.15, -0.1) is 0 Å². The monoisotopic (exact) mass is 383 g/mol. The van der Waals surface area contributed by atoms with Gasteiger partial charge in [-0.1, -0.05) is 25.1 Å². The Morgan fingerprint density at radius 3 is 2.43 bits per heavy atom. The summed E-state index contributed by atoms with van der Waals surface area (Å²) in [4.78, 5) is 28.4. The van der Waals surface area contributed by atoms with E-state index in [-0.39, 0.29) is 17.9 Å². The molecule has 148 valence electrons. The van der Waals surface area contributed by atoms with Crippen molar-refractivity contribution in [2.75, 3.05) is 49.5 Å². The molecule has 0 bridgehead atoms. The lowest BCUT2D eigenvalue weighted by Gasteiger charge is -2.35. The van der Waals surface area contributed by atoms with Crippen molar-refractivity contribution in [3.8, 4) is 5.75 Å². The van der Waals surface area contributed by atoms with Gasteiger partial charge in [0.1, 0.15) is 5.75 Å². The maximum Gasteiger partial charge on any atom is 0.337 e. The van der Waals surface area contributed by atoms with Crippen LogP contribution < -0.4 is 15.0 Å². The van der Waals surface area contributed by atoms with E-state index in [1.165, 1.54) is 0 Å². The fourth-order valence-corrected chi connectivity index (χ4v) is 3.19. The zero-order chi connectivity index (χ0) is 19.9. The number of anilines is 2. The number of aromatic carboxylic acids is 1. The predicted molar refractivity (Wildman–Crippen MR) is 108 cm³/mol. The lowest BCUT2D eigenvalue weighted by atomic mass is 10.1. The van der Waals surface area contributed by atoms with Crippen molar-refractivity contribution in [1.29, 1.82) is 0 Å². The van der Waals surface area contributed by atoms with Crippen LogP contribution in [0, 0.1) is 0 Å². The van der Waals surface area contributed by atoms with E-state index in [1.54, 1.807) is 24.3 Å². The molecule has 0 spiro atoms. The first-order valence-electron chi connectivity index (χ1n) is 9.39. The van der Waals surface area contributed by atoms with E-state index < -0.39 is 11.9 Å². The third-order valence-corrected chi connectivity index (χ3v) is 4.81. The summed E-state index contributed by atoms with van der Waals surface area (Å²) in [5, 5.41) is 12.2. The number of benzene rings is 2. The molecule has 1 amide bonds. The van der Waals surface area contributed by atoms with Gasteiger partial charge in [0, 0.05) is 31.9 Å². The standard InChI is InChI=1S/C21H25N3O4/c1-2-23-10-12-24(13-11-23)16-8-9-19(18(14-16)21(26)27)22-20(25)15-28-17-6-4-3-5-7-17/h3-9,14H,2,10-13,15H2,1H3,(H,22,25)(H,26,27). The van der Waals surface area contributed by atoms with Crippen molar-refractivity contribution in [2.24, 2.45) is 0 Å². The van der Waals surface area contributed by atoms with Crippen LogP contribution in [0.3, 0.4) is 0 Å². The molecule has 1 aliphatic heterocycles. The number of rotatable bonds is 7. The van der Waals surface area contributed by atoms with Crippen LogP contribution >= 0.6 is 0 Å². The highest BCUT2D eigenvalue weighted by atomic mass is 16.5. The highest BCUT2D eigenvalue weighted by Crippen LogP contribution is 2.24. The molecule has 28 heavy (non-hydrogen) atoms. The normalized spacial score (nSPS) is 14.5. The number of nitrogens with zero attached hydrogens (tertiary/aromatic N) is 2. The Hall–Kier alpha value is -3.06. The van der Waals surface area contributed by atoms with Gasteiger partial charge in [-0.3, -0.25) is 4.79 Å². The van der Waals surface area contributed by atoms with Gasteiger partial charge in [0.2, 0.25) is 0 Å². The largest absolute Gasteiger partial charge is 0.484 e. The van der Waals surface area contributed by atoms with Crippen LogP contribution in [0.15, 0.2) is 48.5 Å². The second-order valence-corrected chi connectivity index (χ2v) is 6.61. The molecule has 0 saturated carbocycles. The Morgan fingerprint density at radius 1 is 1.07 bits per heavy atom. The first-order chi connectivity index (χ1) is 13.6. The molecule has 1 heterocycles. The van der Waals surface area contributed by atoms with Crippen molar-refractivity contribution in [3.05, 3.63) is 54.1 Å². The summed E-state index contributed by atoms with van der Waals surface area (Å²) in [5.74, 6) is -0.901. The Labute approximate surface area is 164 Å². The maximum atomic E-state index is 12.2. The van der Waals surface area contributed by atoms with Crippen molar-refractivity contribution >= 4 is 23.3 Å². The molecule has 3 rings (SSSR count). The number of carboxylic acid groups (broad SMARTS) is 1. The number of nitrogens with one attached hydrogen (secondary N) is 1. The highest BCUT2D eigenvalue weighted by molar-refractivity contribution is 6.01. The SMILES string of the molecule is CCN1CCN(c2ccc(NC(=O)COc3ccccc3)c(C(=O)O)c2)CC1. The lowest BCUT2D eigenvalue weighted by Crippen LogP contribution is -2.46. The molecule has 0 unspecified atom stereocenters. The highest BCUT2D eigenvalue weighted by Gasteiger charge is 2.19. The molecule has 1 fully saturated rings. The Morgan fingerprint density at radius 2 is 1.79 bits per heavy atom. The van der Waals surface area contributed by atoms with Crippen LogP contribution in [0.2, 0.25) is 0 Å². The minimum absolute atomic E-state index is 0.0727. The smallest absolute Gasteiger partial charge is 0.337 e. The number of amides is 1. The van der Waals surface area contributed by atoms with Crippen molar-refractivity contribution in [2.45, 2.75) is 6.92 Å². The van der Waals surface area contributed by atoms with Crippen LogP contribution in [0.25, 0.3) is 0 Å². The van der Waals surface area contributed by atoms with Gasteiger partial charge in [-0.2, -0.15) is 0 Å². The number of hydrogen-bond donors (Lipinski definition) is 2. The Bertz CT molecular complexity index is 818. The molecule has 2 N–H and O–H groups in total. The average molecular weight is 383 g/mol. The van der Waals surface area contributed by atoms with Crippen LogP contribution in [0.4, 0.5) is 11.4 Å². The fourth-order valence-electron chi connectivity index (χ4n) is 3.19. The number of hydrogen-bond acceptors (Lipinski definition) is 5. The molecular weight excluding hydrogens is 358 g/mol. The summed E-state index contributed by atoms with van der Waals surface area (Å²) >= 11 is 0. The molecule has 0 aromatic heterocycles. The summed E-state index contributed by atoms with van der Waals surface area (Å²) in [6, 6.07) is 14.1. The second kappa shape index (κ2) is 9.23. The molecule has 1 saturated heterocycles.